The molecule has 0 radical (unpaired) electrons. The summed E-state index contributed by atoms with van der Waals surface area (Å²) in [6.07, 6.45) is 0.237. The molecule has 16 heavy (non-hydrogen) atoms. The maximum atomic E-state index is 10.6. The maximum Gasteiger partial charge on any atom is 0.308 e. The summed E-state index contributed by atoms with van der Waals surface area (Å²) < 4.78 is 6.05. The van der Waals surface area contributed by atoms with Gasteiger partial charge in [0.15, 0.2) is 0 Å². The lowest BCUT2D eigenvalue weighted by atomic mass is 10.3. The second kappa shape index (κ2) is 6.22. The normalized spacial score (nSPS) is 12.7. The number of carboxylic acids is 1. The fourth-order valence-corrected chi connectivity index (χ4v) is 3.26. The highest BCUT2D eigenvalue weighted by atomic mass is 32.2. The van der Waals surface area contributed by atoms with Crippen molar-refractivity contribution in [2.75, 3.05) is 12.9 Å². The Morgan fingerprint density at radius 2 is 2.38 bits per heavy atom. The second-order valence-electron chi connectivity index (χ2n) is 3.42. The molecule has 1 heterocycles. The van der Waals surface area contributed by atoms with Gasteiger partial charge in [-0.2, -0.15) is 0 Å². The van der Waals surface area contributed by atoms with Crippen LogP contribution in [0.3, 0.4) is 0 Å². The minimum atomic E-state index is -0.812. The van der Waals surface area contributed by atoms with Crippen molar-refractivity contribution < 1.29 is 14.6 Å². The van der Waals surface area contributed by atoms with Gasteiger partial charge in [-0.3, -0.25) is 4.79 Å². The predicted molar refractivity (Wildman–Crippen MR) is 65.4 cm³/mol. The number of carbonyl (C=O) groups is 1. The number of nitrogens with zero attached hydrogens (tertiary/aromatic N) is 1. The topological polar surface area (TPSA) is 59.4 Å². The summed E-state index contributed by atoms with van der Waals surface area (Å²) in [5, 5.41) is 8.71. The molecular formula is C10H15NO3S2. The lowest BCUT2D eigenvalue weighted by molar-refractivity contribution is -0.136. The maximum absolute atomic E-state index is 10.6. The van der Waals surface area contributed by atoms with Crippen molar-refractivity contribution in [3.8, 4) is 0 Å². The number of carboxylic acid groups (broad SMARTS) is 1. The van der Waals surface area contributed by atoms with Gasteiger partial charge in [0.05, 0.1) is 18.2 Å². The van der Waals surface area contributed by atoms with Gasteiger partial charge in [0.25, 0.3) is 0 Å². The predicted octanol–water partition coefficient (Wildman–Crippen LogP) is 2.21. The van der Waals surface area contributed by atoms with Crippen molar-refractivity contribution in [2.45, 2.75) is 30.7 Å². The number of aromatic nitrogens is 1. The van der Waals surface area contributed by atoms with Crippen molar-refractivity contribution in [1.82, 2.24) is 4.98 Å². The van der Waals surface area contributed by atoms with Crippen molar-refractivity contribution in [3.63, 3.8) is 0 Å². The van der Waals surface area contributed by atoms with Gasteiger partial charge < -0.3 is 9.84 Å². The highest BCUT2D eigenvalue weighted by Crippen LogP contribution is 2.28. The molecule has 1 rings (SSSR count). The Balaban J connectivity index is 2.58. The molecule has 0 unspecified atom stereocenters. The lowest BCUT2D eigenvalue weighted by Gasteiger charge is -2.05. The second-order valence-corrected chi connectivity index (χ2v) is 5.77. The van der Waals surface area contributed by atoms with Crippen LogP contribution in [-0.4, -0.2) is 35.0 Å². The quantitative estimate of drug-likeness (QED) is 0.796. The van der Waals surface area contributed by atoms with Crippen molar-refractivity contribution in [3.05, 3.63) is 10.6 Å². The molecular weight excluding hydrogens is 246 g/mol. The van der Waals surface area contributed by atoms with E-state index in [0.717, 1.165) is 20.7 Å². The number of aliphatic carboxylic acids is 1. The van der Waals surface area contributed by atoms with Crippen molar-refractivity contribution in [2.24, 2.45) is 0 Å². The molecule has 0 fully saturated rings. The monoisotopic (exact) mass is 261 g/mol. The largest absolute Gasteiger partial charge is 0.481 e. The molecule has 0 amide bonds. The molecule has 90 valence electrons. The van der Waals surface area contributed by atoms with Gasteiger partial charge in [0.2, 0.25) is 0 Å². The van der Waals surface area contributed by atoms with Gasteiger partial charge in [-0.25, -0.2) is 4.98 Å². The van der Waals surface area contributed by atoms with Crippen LogP contribution in [-0.2, 0) is 16.0 Å². The van der Waals surface area contributed by atoms with Crippen LogP contribution < -0.4 is 0 Å². The average Bonchev–Trinajstić information content (AvgIpc) is 2.55. The summed E-state index contributed by atoms with van der Waals surface area (Å²) in [7, 11) is 1.67. The molecule has 0 saturated heterocycles. The van der Waals surface area contributed by atoms with E-state index in [1.54, 1.807) is 18.9 Å². The Hall–Kier alpha value is -0.590. The van der Waals surface area contributed by atoms with Crippen LogP contribution in [0.25, 0.3) is 0 Å². The Labute approximate surface area is 103 Å². The van der Waals surface area contributed by atoms with E-state index in [-0.39, 0.29) is 12.5 Å². The van der Waals surface area contributed by atoms with Crippen molar-refractivity contribution in [1.29, 1.82) is 0 Å². The van der Waals surface area contributed by atoms with Gasteiger partial charge in [-0.1, -0.05) is 11.8 Å². The standard InChI is InChI=1S/C10H15NO3S2/c1-6(14-3)5-15-10-11-7(2)8(16-10)4-9(12)13/h6H,4-5H2,1-3H3,(H,12,13)/t6-/m1/s1. The Bertz CT molecular complexity index is 365. The smallest absolute Gasteiger partial charge is 0.308 e. The zero-order valence-electron chi connectivity index (χ0n) is 9.52. The van der Waals surface area contributed by atoms with E-state index in [0.29, 0.717) is 0 Å². The molecule has 0 bridgehead atoms. The van der Waals surface area contributed by atoms with E-state index < -0.39 is 5.97 Å². The number of rotatable bonds is 6. The molecule has 0 saturated carbocycles. The van der Waals surface area contributed by atoms with Crippen LogP contribution in [0, 0.1) is 6.92 Å². The Morgan fingerprint density at radius 3 is 2.94 bits per heavy atom. The van der Waals surface area contributed by atoms with Crippen LogP contribution in [0.15, 0.2) is 4.34 Å². The molecule has 1 aromatic heterocycles. The first-order chi connectivity index (χ1) is 7.52. The van der Waals surface area contributed by atoms with E-state index >= 15 is 0 Å². The minimum absolute atomic E-state index is 0.0594. The molecule has 0 aliphatic carbocycles. The summed E-state index contributed by atoms with van der Waals surface area (Å²) in [5.74, 6) is 0.0178. The summed E-state index contributed by atoms with van der Waals surface area (Å²) in [4.78, 5) is 15.8. The Kier molecular flexibility index (Phi) is 5.24. The zero-order valence-corrected chi connectivity index (χ0v) is 11.2. The minimum Gasteiger partial charge on any atom is -0.481 e. The Morgan fingerprint density at radius 1 is 1.69 bits per heavy atom. The first kappa shape index (κ1) is 13.5. The van der Waals surface area contributed by atoms with Crippen LogP contribution >= 0.6 is 23.1 Å². The number of ether oxygens (including phenoxy) is 1. The van der Waals surface area contributed by atoms with Gasteiger partial charge in [0.1, 0.15) is 4.34 Å². The van der Waals surface area contributed by atoms with Gasteiger partial charge >= 0.3 is 5.97 Å². The SMILES string of the molecule is CO[C@H](C)CSc1nc(C)c(CC(=O)O)s1. The molecule has 0 aliphatic rings. The number of methoxy groups -OCH3 is 1. The molecule has 1 N–H and O–H groups in total. The molecule has 1 aromatic rings. The van der Waals surface area contributed by atoms with E-state index in [2.05, 4.69) is 4.98 Å². The number of thiazole rings is 1. The first-order valence-corrected chi connectivity index (χ1v) is 6.66. The number of hydrogen-bond acceptors (Lipinski definition) is 5. The average molecular weight is 261 g/mol. The van der Waals surface area contributed by atoms with E-state index in [4.69, 9.17) is 9.84 Å². The van der Waals surface area contributed by atoms with E-state index in [9.17, 15) is 4.79 Å². The molecule has 0 aromatic carbocycles. The number of aryl methyl sites for hydroxylation is 1. The third-order valence-corrected chi connectivity index (χ3v) is 4.56. The molecule has 4 nitrogen and oxygen atoms in total. The molecule has 6 heteroatoms. The fourth-order valence-electron chi connectivity index (χ4n) is 1.02. The van der Waals surface area contributed by atoms with E-state index in [1.807, 2.05) is 13.8 Å². The third-order valence-electron chi connectivity index (χ3n) is 2.03. The van der Waals surface area contributed by atoms with Crippen LogP contribution in [0.5, 0.6) is 0 Å². The summed E-state index contributed by atoms with van der Waals surface area (Å²) in [5.41, 5.74) is 0.819. The third kappa shape index (κ3) is 4.11. The first-order valence-electron chi connectivity index (χ1n) is 4.86. The molecule has 0 aliphatic heterocycles. The van der Waals surface area contributed by atoms with Crippen LogP contribution in [0.4, 0.5) is 0 Å². The fraction of sp³-hybridized carbons (Fsp3) is 0.600. The molecule has 0 spiro atoms. The highest BCUT2D eigenvalue weighted by molar-refractivity contribution is 8.01. The van der Waals surface area contributed by atoms with Gasteiger partial charge in [-0.05, 0) is 13.8 Å². The van der Waals surface area contributed by atoms with Crippen molar-refractivity contribution >= 4 is 29.1 Å². The number of hydrogen-bond donors (Lipinski definition) is 1. The summed E-state index contributed by atoms with van der Waals surface area (Å²) in [6.45, 7) is 3.84. The highest BCUT2D eigenvalue weighted by Gasteiger charge is 2.12. The molecule has 1 atom stereocenters. The number of thioether (sulfide) groups is 1. The lowest BCUT2D eigenvalue weighted by Crippen LogP contribution is -2.07. The van der Waals surface area contributed by atoms with Gasteiger partial charge in [0, 0.05) is 17.7 Å². The van der Waals surface area contributed by atoms with Crippen LogP contribution in [0.2, 0.25) is 0 Å². The van der Waals surface area contributed by atoms with Gasteiger partial charge in [-0.15, -0.1) is 11.3 Å². The summed E-state index contributed by atoms with van der Waals surface area (Å²) >= 11 is 3.06. The van der Waals surface area contributed by atoms with Crippen LogP contribution in [0.1, 0.15) is 17.5 Å². The summed E-state index contributed by atoms with van der Waals surface area (Å²) in [6, 6.07) is 0. The zero-order chi connectivity index (χ0) is 12.1. The van der Waals surface area contributed by atoms with E-state index in [1.165, 1.54) is 11.3 Å².